The van der Waals surface area contributed by atoms with Gasteiger partial charge in [0, 0.05) is 32.4 Å². The van der Waals surface area contributed by atoms with Gasteiger partial charge in [-0.25, -0.2) is 17.8 Å². The Morgan fingerprint density at radius 3 is 2.58 bits per heavy atom. The van der Waals surface area contributed by atoms with Gasteiger partial charge < -0.3 is 9.64 Å². The SMILES string of the molecule is O=S(=O)(c1ccc(N2CCc3cc(F)ccc3C2)nc1)N1CCOCC1. The number of anilines is 1. The Kier molecular flexibility index (Phi) is 4.64. The minimum atomic E-state index is -3.53. The van der Waals surface area contributed by atoms with Gasteiger partial charge in [-0.2, -0.15) is 4.31 Å². The molecule has 8 heteroatoms. The first kappa shape index (κ1) is 17.4. The molecule has 0 amide bonds. The Bertz CT molecular complexity index is 896. The number of pyridine rings is 1. The highest BCUT2D eigenvalue weighted by molar-refractivity contribution is 7.89. The number of halogens is 1. The van der Waals surface area contributed by atoms with E-state index in [2.05, 4.69) is 9.88 Å². The average Bonchev–Trinajstić information content (AvgIpc) is 2.68. The van der Waals surface area contributed by atoms with Gasteiger partial charge in [-0.1, -0.05) is 6.07 Å². The molecule has 1 saturated heterocycles. The fraction of sp³-hybridized carbons (Fsp3) is 0.389. The number of hydrogen-bond donors (Lipinski definition) is 0. The minimum absolute atomic E-state index is 0.197. The predicted molar refractivity (Wildman–Crippen MR) is 95.0 cm³/mol. The lowest BCUT2D eigenvalue weighted by molar-refractivity contribution is 0.0730. The molecule has 1 aromatic carbocycles. The summed E-state index contributed by atoms with van der Waals surface area (Å²) in [6, 6.07) is 8.19. The maximum Gasteiger partial charge on any atom is 0.244 e. The van der Waals surface area contributed by atoms with Gasteiger partial charge in [0.2, 0.25) is 10.0 Å². The molecule has 1 fully saturated rings. The van der Waals surface area contributed by atoms with Crippen molar-refractivity contribution in [2.45, 2.75) is 17.9 Å². The maximum atomic E-state index is 13.3. The van der Waals surface area contributed by atoms with Gasteiger partial charge in [-0.05, 0) is 41.8 Å². The summed E-state index contributed by atoms with van der Waals surface area (Å²) in [6.45, 7) is 2.92. The summed E-state index contributed by atoms with van der Waals surface area (Å²) >= 11 is 0. The molecule has 1 aromatic heterocycles. The summed E-state index contributed by atoms with van der Waals surface area (Å²) < 4.78 is 45.3. The van der Waals surface area contributed by atoms with Crippen molar-refractivity contribution in [1.29, 1.82) is 0 Å². The zero-order valence-electron chi connectivity index (χ0n) is 14.3. The Morgan fingerprint density at radius 1 is 1.04 bits per heavy atom. The van der Waals surface area contributed by atoms with E-state index in [1.807, 2.05) is 0 Å². The third-order valence-electron chi connectivity index (χ3n) is 4.83. The molecule has 0 bridgehead atoms. The van der Waals surface area contributed by atoms with Gasteiger partial charge in [0.1, 0.15) is 16.5 Å². The number of ether oxygens (including phenoxy) is 1. The van der Waals surface area contributed by atoms with Crippen molar-refractivity contribution in [3.63, 3.8) is 0 Å². The van der Waals surface area contributed by atoms with Crippen LogP contribution < -0.4 is 4.90 Å². The molecular formula is C18H20FN3O3S. The summed E-state index contributed by atoms with van der Waals surface area (Å²) in [7, 11) is -3.53. The second-order valence-corrected chi connectivity index (χ2v) is 8.39. The number of hydrogen-bond acceptors (Lipinski definition) is 5. The van der Waals surface area contributed by atoms with E-state index < -0.39 is 10.0 Å². The van der Waals surface area contributed by atoms with Crippen LogP contribution in [0.3, 0.4) is 0 Å². The zero-order chi connectivity index (χ0) is 18.1. The van der Waals surface area contributed by atoms with Crippen molar-refractivity contribution in [2.24, 2.45) is 0 Å². The third-order valence-corrected chi connectivity index (χ3v) is 6.72. The fourth-order valence-electron chi connectivity index (χ4n) is 3.37. The van der Waals surface area contributed by atoms with E-state index in [-0.39, 0.29) is 10.7 Å². The van der Waals surface area contributed by atoms with E-state index in [4.69, 9.17) is 4.74 Å². The quantitative estimate of drug-likeness (QED) is 0.816. The zero-order valence-corrected chi connectivity index (χ0v) is 15.1. The van der Waals surface area contributed by atoms with Gasteiger partial charge in [-0.3, -0.25) is 0 Å². The molecule has 4 rings (SSSR count). The first-order valence-corrected chi connectivity index (χ1v) is 10.0. The number of morpholine rings is 1. The lowest BCUT2D eigenvalue weighted by Gasteiger charge is -2.30. The second kappa shape index (κ2) is 6.94. The van der Waals surface area contributed by atoms with Gasteiger partial charge in [0.05, 0.1) is 13.2 Å². The summed E-state index contributed by atoms with van der Waals surface area (Å²) in [4.78, 5) is 6.64. The first-order chi connectivity index (χ1) is 12.5. The first-order valence-electron chi connectivity index (χ1n) is 8.60. The highest BCUT2D eigenvalue weighted by atomic mass is 32.2. The lowest BCUT2D eigenvalue weighted by Crippen LogP contribution is -2.40. The molecule has 2 aromatic rings. The number of rotatable bonds is 3. The van der Waals surface area contributed by atoms with Crippen LogP contribution in [0.5, 0.6) is 0 Å². The molecule has 0 atom stereocenters. The smallest absolute Gasteiger partial charge is 0.244 e. The summed E-state index contributed by atoms with van der Waals surface area (Å²) in [6.07, 6.45) is 2.16. The normalized spacial score (nSPS) is 18.6. The van der Waals surface area contributed by atoms with Crippen molar-refractivity contribution in [3.05, 3.63) is 53.5 Å². The topological polar surface area (TPSA) is 62.7 Å². The van der Waals surface area contributed by atoms with E-state index in [1.165, 1.54) is 16.6 Å². The standard InChI is InChI=1S/C18H20FN3O3S/c19-16-2-1-15-13-21(6-5-14(15)11-16)18-4-3-17(12-20-18)26(23,24)22-7-9-25-10-8-22/h1-4,11-12H,5-10,13H2. The molecule has 138 valence electrons. The van der Waals surface area contributed by atoms with Crippen LogP contribution >= 0.6 is 0 Å². The van der Waals surface area contributed by atoms with Crippen LogP contribution in [0.15, 0.2) is 41.4 Å². The molecule has 0 radical (unpaired) electrons. The van der Waals surface area contributed by atoms with Crippen LogP contribution in [-0.2, 0) is 27.7 Å². The number of fused-ring (bicyclic) bond motifs is 1. The number of benzene rings is 1. The van der Waals surface area contributed by atoms with Crippen LogP contribution in [0.1, 0.15) is 11.1 Å². The number of sulfonamides is 1. The Labute approximate surface area is 152 Å². The van der Waals surface area contributed by atoms with Crippen LogP contribution in [-0.4, -0.2) is 50.6 Å². The van der Waals surface area contributed by atoms with Crippen molar-refractivity contribution in [3.8, 4) is 0 Å². The Morgan fingerprint density at radius 2 is 1.85 bits per heavy atom. The van der Waals surface area contributed by atoms with E-state index in [0.717, 1.165) is 29.9 Å². The third kappa shape index (κ3) is 3.32. The molecule has 6 nitrogen and oxygen atoms in total. The highest BCUT2D eigenvalue weighted by Gasteiger charge is 2.27. The van der Waals surface area contributed by atoms with Crippen LogP contribution in [0.4, 0.5) is 10.2 Å². The molecule has 0 unspecified atom stereocenters. The molecule has 0 aliphatic carbocycles. The van der Waals surface area contributed by atoms with E-state index >= 15 is 0 Å². The second-order valence-electron chi connectivity index (χ2n) is 6.45. The molecule has 2 aliphatic heterocycles. The van der Waals surface area contributed by atoms with Crippen molar-refractivity contribution in [1.82, 2.24) is 9.29 Å². The fourth-order valence-corrected chi connectivity index (χ4v) is 4.72. The monoisotopic (exact) mass is 377 g/mol. The number of nitrogens with zero attached hydrogens (tertiary/aromatic N) is 3. The molecule has 0 spiro atoms. The van der Waals surface area contributed by atoms with E-state index in [9.17, 15) is 12.8 Å². The lowest BCUT2D eigenvalue weighted by atomic mass is 10.00. The molecule has 3 heterocycles. The molecule has 0 saturated carbocycles. The Hall–Kier alpha value is -2.03. The van der Waals surface area contributed by atoms with E-state index in [0.29, 0.717) is 32.8 Å². The van der Waals surface area contributed by atoms with Crippen LogP contribution in [0, 0.1) is 5.82 Å². The van der Waals surface area contributed by atoms with Crippen molar-refractivity contribution in [2.75, 3.05) is 37.7 Å². The van der Waals surface area contributed by atoms with Crippen molar-refractivity contribution >= 4 is 15.8 Å². The Balaban J connectivity index is 1.52. The van der Waals surface area contributed by atoms with Crippen molar-refractivity contribution < 1.29 is 17.5 Å². The predicted octanol–water partition coefficient (Wildman–Crippen LogP) is 1.80. The minimum Gasteiger partial charge on any atom is -0.379 e. The highest BCUT2D eigenvalue weighted by Crippen LogP contribution is 2.25. The molecule has 0 N–H and O–H groups in total. The van der Waals surface area contributed by atoms with Gasteiger partial charge in [0.15, 0.2) is 0 Å². The molecule has 2 aliphatic rings. The van der Waals surface area contributed by atoms with E-state index in [1.54, 1.807) is 24.3 Å². The van der Waals surface area contributed by atoms with Crippen LogP contribution in [0.25, 0.3) is 0 Å². The molecular weight excluding hydrogens is 357 g/mol. The molecule has 26 heavy (non-hydrogen) atoms. The maximum absolute atomic E-state index is 13.3. The van der Waals surface area contributed by atoms with Gasteiger partial charge in [-0.15, -0.1) is 0 Å². The van der Waals surface area contributed by atoms with Crippen LogP contribution in [0.2, 0.25) is 0 Å². The summed E-state index contributed by atoms with van der Waals surface area (Å²) in [5, 5.41) is 0. The largest absolute Gasteiger partial charge is 0.379 e. The number of aromatic nitrogens is 1. The van der Waals surface area contributed by atoms with Gasteiger partial charge >= 0.3 is 0 Å². The average molecular weight is 377 g/mol. The van der Waals surface area contributed by atoms with Gasteiger partial charge in [0.25, 0.3) is 0 Å². The summed E-state index contributed by atoms with van der Waals surface area (Å²) in [5.41, 5.74) is 2.09. The summed E-state index contributed by atoms with van der Waals surface area (Å²) in [5.74, 6) is 0.508.